The Morgan fingerprint density at radius 2 is 2.00 bits per heavy atom. The van der Waals surface area contributed by atoms with Crippen LogP contribution in [0, 0.1) is 32.1 Å². The number of amides is 1. The third kappa shape index (κ3) is 2.89. The smallest absolute Gasteiger partial charge is 0.274 e. The maximum Gasteiger partial charge on any atom is 0.274 e. The number of nitrogens with one attached hydrogen (secondary N) is 2. The molecule has 8 heteroatoms. The first-order valence-corrected chi connectivity index (χ1v) is 8.56. The summed E-state index contributed by atoms with van der Waals surface area (Å²) in [5.74, 6) is 0.755. The third-order valence-electron chi connectivity index (χ3n) is 4.66. The van der Waals surface area contributed by atoms with Crippen molar-refractivity contribution in [2.75, 3.05) is 5.32 Å². The van der Waals surface area contributed by atoms with E-state index in [1.165, 1.54) is 6.20 Å². The molecule has 0 aliphatic rings. The monoisotopic (exact) mass is 372 g/mol. The van der Waals surface area contributed by atoms with E-state index in [0.717, 1.165) is 16.5 Å². The number of anilines is 1. The van der Waals surface area contributed by atoms with Gasteiger partial charge < -0.3 is 9.73 Å². The van der Waals surface area contributed by atoms with Crippen molar-refractivity contribution in [3.63, 3.8) is 0 Å². The number of carbonyl (C=O) groups is 1. The second-order valence-corrected chi connectivity index (χ2v) is 6.41. The molecule has 0 radical (unpaired) electrons. The number of aromatic nitrogens is 4. The van der Waals surface area contributed by atoms with Crippen LogP contribution in [0.15, 0.2) is 35.0 Å². The van der Waals surface area contributed by atoms with Gasteiger partial charge in [0.1, 0.15) is 17.5 Å². The average molecular weight is 372 g/mol. The van der Waals surface area contributed by atoms with Crippen LogP contribution >= 0.6 is 0 Å². The largest absolute Gasteiger partial charge is 0.439 e. The predicted octanol–water partition coefficient (Wildman–Crippen LogP) is 3.66. The van der Waals surface area contributed by atoms with Gasteiger partial charge in [-0.2, -0.15) is 10.4 Å². The summed E-state index contributed by atoms with van der Waals surface area (Å²) in [5.41, 5.74) is 4.20. The van der Waals surface area contributed by atoms with Crippen LogP contribution in [0.25, 0.3) is 22.4 Å². The lowest BCUT2D eigenvalue weighted by molar-refractivity contribution is 0.102. The Kier molecular flexibility index (Phi) is 4.12. The molecule has 0 aliphatic carbocycles. The first kappa shape index (κ1) is 17.4. The van der Waals surface area contributed by atoms with Crippen LogP contribution in [0.1, 0.15) is 33.1 Å². The zero-order valence-electron chi connectivity index (χ0n) is 15.5. The molecule has 1 amide bonds. The van der Waals surface area contributed by atoms with E-state index < -0.39 is 0 Å². The summed E-state index contributed by atoms with van der Waals surface area (Å²) < 4.78 is 5.56. The lowest BCUT2D eigenvalue weighted by atomic mass is 10.0. The Labute approximate surface area is 160 Å². The molecule has 3 aromatic heterocycles. The number of nitriles is 1. The maximum atomic E-state index is 12.7. The lowest BCUT2D eigenvalue weighted by Gasteiger charge is -2.10. The highest BCUT2D eigenvalue weighted by Crippen LogP contribution is 2.29. The Morgan fingerprint density at radius 1 is 1.18 bits per heavy atom. The van der Waals surface area contributed by atoms with Crippen LogP contribution < -0.4 is 5.32 Å². The lowest BCUT2D eigenvalue weighted by Crippen LogP contribution is -2.16. The van der Waals surface area contributed by atoms with Gasteiger partial charge in [0, 0.05) is 24.2 Å². The summed E-state index contributed by atoms with van der Waals surface area (Å²) in [7, 11) is 0. The molecule has 0 saturated heterocycles. The fourth-order valence-corrected chi connectivity index (χ4v) is 2.98. The van der Waals surface area contributed by atoms with E-state index in [1.807, 2.05) is 12.1 Å². The third-order valence-corrected chi connectivity index (χ3v) is 4.66. The van der Waals surface area contributed by atoms with Crippen molar-refractivity contribution in [3.8, 4) is 17.5 Å². The highest BCUT2D eigenvalue weighted by atomic mass is 16.4. The fraction of sp³-hybridized carbons (Fsp3) is 0.150. The SMILES string of the molecule is Cc1ncc(-c2n[nH]c3ccc(NC(=O)c4ncc(C#N)c(C)c4C)cc23)o1. The molecular formula is C20H16N6O2. The highest BCUT2D eigenvalue weighted by Gasteiger charge is 2.17. The summed E-state index contributed by atoms with van der Waals surface area (Å²) in [5, 5.41) is 20.0. The predicted molar refractivity (Wildman–Crippen MR) is 103 cm³/mol. The minimum Gasteiger partial charge on any atom is -0.439 e. The number of hydrogen-bond acceptors (Lipinski definition) is 6. The topological polar surface area (TPSA) is 120 Å². The molecule has 2 N–H and O–H groups in total. The van der Waals surface area contributed by atoms with Crippen molar-refractivity contribution in [3.05, 3.63) is 58.9 Å². The van der Waals surface area contributed by atoms with Crippen LogP contribution in [0.2, 0.25) is 0 Å². The van der Waals surface area contributed by atoms with Gasteiger partial charge in [-0.05, 0) is 43.2 Å². The average Bonchev–Trinajstić information content (AvgIpc) is 3.29. The molecule has 0 saturated carbocycles. The Bertz CT molecular complexity index is 1260. The summed E-state index contributed by atoms with van der Waals surface area (Å²) in [4.78, 5) is 21.0. The number of aromatic amines is 1. The molecular weight excluding hydrogens is 356 g/mol. The molecule has 0 atom stereocenters. The summed E-state index contributed by atoms with van der Waals surface area (Å²) >= 11 is 0. The van der Waals surface area contributed by atoms with E-state index in [0.29, 0.717) is 34.2 Å². The Balaban J connectivity index is 1.68. The van der Waals surface area contributed by atoms with Crippen molar-refractivity contribution >= 4 is 22.5 Å². The van der Waals surface area contributed by atoms with Crippen LogP contribution in [0.5, 0.6) is 0 Å². The molecule has 4 rings (SSSR count). The van der Waals surface area contributed by atoms with Crippen LogP contribution in [-0.2, 0) is 0 Å². The van der Waals surface area contributed by atoms with Gasteiger partial charge in [-0.25, -0.2) is 9.97 Å². The van der Waals surface area contributed by atoms with Crippen molar-refractivity contribution in [2.45, 2.75) is 20.8 Å². The van der Waals surface area contributed by atoms with Gasteiger partial charge in [-0.15, -0.1) is 0 Å². The molecule has 8 nitrogen and oxygen atoms in total. The molecule has 28 heavy (non-hydrogen) atoms. The molecule has 4 aromatic rings. The van der Waals surface area contributed by atoms with E-state index in [4.69, 9.17) is 9.68 Å². The molecule has 3 heterocycles. The first-order valence-electron chi connectivity index (χ1n) is 8.56. The molecule has 1 aromatic carbocycles. The number of pyridine rings is 1. The number of carbonyl (C=O) groups excluding carboxylic acids is 1. The van der Waals surface area contributed by atoms with Crippen molar-refractivity contribution in [1.29, 1.82) is 5.26 Å². The minimum absolute atomic E-state index is 0.287. The molecule has 138 valence electrons. The molecule has 0 aliphatic heterocycles. The standard InChI is InChI=1S/C20H16N6O2/c1-10-11(2)18(23-8-13(10)7-21)20(27)24-14-4-5-16-15(6-14)19(26-25-16)17-9-22-12(3)28-17/h4-6,8-9H,1-3H3,(H,24,27)(H,25,26). The van der Waals surface area contributed by atoms with Gasteiger partial charge in [0.2, 0.25) is 0 Å². The second-order valence-electron chi connectivity index (χ2n) is 6.41. The number of H-pyrrole nitrogens is 1. The number of benzene rings is 1. The summed E-state index contributed by atoms with van der Waals surface area (Å²) in [6.45, 7) is 5.34. The van der Waals surface area contributed by atoms with E-state index in [-0.39, 0.29) is 11.6 Å². The number of nitrogens with zero attached hydrogens (tertiary/aromatic N) is 4. The fourth-order valence-electron chi connectivity index (χ4n) is 2.98. The van der Waals surface area contributed by atoms with Crippen LogP contribution in [0.3, 0.4) is 0 Å². The van der Waals surface area contributed by atoms with E-state index in [1.54, 1.807) is 33.0 Å². The zero-order chi connectivity index (χ0) is 19.8. The Hall–Kier alpha value is -3.99. The first-order chi connectivity index (χ1) is 13.5. The zero-order valence-corrected chi connectivity index (χ0v) is 15.5. The number of rotatable bonds is 3. The number of aryl methyl sites for hydroxylation is 1. The number of fused-ring (bicyclic) bond motifs is 1. The van der Waals surface area contributed by atoms with Crippen LogP contribution in [-0.4, -0.2) is 26.1 Å². The molecule has 0 unspecified atom stereocenters. The Morgan fingerprint density at radius 3 is 2.71 bits per heavy atom. The molecule has 0 bridgehead atoms. The highest BCUT2D eigenvalue weighted by molar-refractivity contribution is 6.05. The summed E-state index contributed by atoms with van der Waals surface area (Å²) in [6, 6.07) is 7.50. The van der Waals surface area contributed by atoms with Gasteiger partial charge in [0.25, 0.3) is 5.91 Å². The van der Waals surface area contributed by atoms with Crippen molar-refractivity contribution in [2.24, 2.45) is 0 Å². The van der Waals surface area contributed by atoms with Crippen molar-refractivity contribution < 1.29 is 9.21 Å². The van der Waals surface area contributed by atoms with E-state index >= 15 is 0 Å². The molecule has 0 fully saturated rings. The minimum atomic E-state index is -0.343. The number of oxazole rings is 1. The van der Waals surface area contributed by atoms with E-state index in [2.05, 4.69) is 31.6 Å². The summed E-state index contributed by atoms with van der Waals surface area (Å²) in [6.07, 6.45) is 3.03. The maximum absolute atomic E-state index is 12.7. The van der Waals surface area contributed by atoms with Gasteiger partial charge >= 0.3 is 0 Å². The van der Waals surface area contributed by atoms with Gasteiger partial charge in [-0.3, -0.25) is 9.89 Å². The normalized spacial score (nSPS) is 10.8. The number of hydrogen-bond donors (Lipinski definition) is 2. The molecule has 0 spiro atoms. The van der Waals surface area contributed by atoms with Crippen molar-refractivity contribution in [1.82, 2.24) is 20.2 Å². The van der Waals surface area contributed by atoms with Gasteiger partial charge in [-0.1, -0.05) is 0 Å². The quantitative estimate of drug-likeness (QED) is 0.566. The van der Waals surface area contributed by atoms with E-state index in [9.17, 15) is 4.79 Å². The van der Waals surface area contributed by atoms with Crippen LogP contribution in [0.4, 0.5) is 5.69 Å². The second kappa shape index (κ2) is 6.63. The van der Waals surface area contributed by atoms with Gasteiger partial charge in [0.15, 0.2) is 11.7 Å². The van der Waals surface area contributed by atoms with Gasteiger partial charge in [0.05, 0.1) is 17.3 Å².